The van der Waals surface area contributed by atoms with E-state index in [9.17, 15) is 10.2 Å². The summed E-state index contributed by atoms with van der Waals surface area (Å²) in [6.45, 7) is 5.83. The van der Waals surface area contributed by atoms with E-state index in [1.807, 2.05) is 0 Å². The first-order chi connectivity index (χ1) is 7.54. The zero-order chi connectivity index (χ0) is 12.1. The predicted molar refractivity (Wildman–Crippen MR) is 66.5 cm³/mol. The Labute approximate surface area is 97.9 Å². The Kier molecular flexibility index (Phi) is 4.97. The number of aryl methyl sites for hydroxylation is 1. The van der Waals surface area contributed by atoms with Crippen LogP contribution in [0.4, 0.5) is 0 Å². The smallest absolute Gasteiger partial charge is 0.0802 e. The summed E-state index contributed by atoms with van der Waals surface area (Å²) >= 11 is 0. The molecule has 3 unspecified atom stereocenters. The Morgan fingerprint density at radius 3 is 2.06 bits per heavy atom. The zero-order valence-electron chi connectivity index (χ0n) is 10.4. The van der Waals surface area contributed by atoms with Crippen LogP contribution in [0.1, 0.15) is 44.2 Å². The van der Waals surface area contributed by atoms with E-state index in [1.54, 1.807) is 6.92 Å². The van der Waals surface area contributed by atoms with Crippen molar-refractivity contribution in [1.82, 2.24) is 0 Å². The first-order valence-electron chi connectivity index (χ1n) is 5.99. The van der Waals surface area contributed by atoms with Gasteiger partial charge in [-0.3, -0.25) is 0 Å². The first kappa shape index (κ1) is 13.2. The molecule has 0 amide bonds. The summed E-state index contributed by atoms with van der Waals surface area (Å²) in [5, 5.41) is 18.9. The second-order valence-corrected chi connectivity index (χ2v) is 4.54. The van der Waals surface area contributed by atoms with Gasteiger partial charge in [0.2, 0.25) is 0 Å². The summed E-state index contributed by atoms with van der Waals surface area (Å²) in [5.74, 6) is 0.274. The molecule has 90 valence electrons. The number of hydrogen-bond acceptors (Lipinski definition) is 2. The number of aliphatic hydroxyl groups excluding tert-OH is 2. The van der Waals surface area contributed by atoms with Crippen molar-refractivity contribution in [3.63, 3.8) is 0 Å². The number of hydrogen-bond donors (Lipinski definition) is 2. The lowest BCUT2D eigenvalue weighted by Crippen LogP contribution is -2.24. The molecule has 2 nitrogen and oxygen atoms in total. The highest BCUT2D eigenvalue weighted by atomic mass is 16.3. The van der Waals surface area contributed by atoms with Gasteiger partial charge in [0.05, 0.1) is 12.2 Å². The number of benzene rings is 1. The Morgan fingerprint density at radius 2 is 1.62 bits per heavy atom. The molecular weight excluding hydrogens is 200 g/mol. The third-order valence-corrected chi connectivity index (χ3v) is 3.11. The minimum absolute atomic E-state index is 0.274. The molecule has 1 rings (SSSR count). The molecule has 0 spiro atoms. The topological polar surface area (TPSA) is 40.5 Å². The van der Waals surface area contributed by atoms with E-state index in [-0.39, 0.29) is 5.92 Å². The van der Waals surface area contributed by atoms with Gasteiger partial charge in [0.15, 0.2) is 0 Å². The molecule has 16 heavy (non-hydrogen) atoms. The molecule has 0 saturated carbocycles. The van der Waals surface area contributed by atoms with Gasteiger partial charge in [0, 0.05) is 0 Å². The predicted octanol–water partition coefficient (Wildman–Crippen LogP) is 2.48. The summed E-state index contributed by atoms with van der Waals surface area (Å²) in [6.07, 6.45) is 0.354. The van der Waals surface area contributed by atoms with Gasteiger partial charge in [-0.15, -0.1) is 0 Å². The molecule has 0 heterocycles. The minimum atomic E-state index is -0.655. The van der Waals surface area contributed by atoms with Gasteiger partial charge in [0.1, 0.15) is 0 Å². The van der Waals surface area contributed by atoms with Crippen LogP contribution in [0.5, 0.6) is 0 Å². The molecule has 0 radical (unpaired) electrons. The largest absolute Gasteiger partial charge is 0.391 e. The monoisotopic (exact) mass is 222 g/mol. The lowest BCUT2D eigenvalue weighted by molar-refractivity contribution is 0.0227. The van der Waals surface area contributed by atoms with Crippen molar-refractivity contribution < 1.29 is 10.2 Å². The Balaban J connectivity index is 2.62. The molecule has 3 atom stereocenters. The van der Waals surface area contributed by atoms with E-state index in [0.29, 0.717) is 6.42 Å². The Hall–Kier alpha value is -0.860. The zero-order valence-corrected chi connectivity index (χ0v) is 10.4. The van der Waals surface area contributed by atoms with E-state index in [4.69, 9.17) is 0 Å². The fourth-order valence-electron chi connectivity index (χ4n) is 1.78. The van der Waals surface area contributed by atoms with Crippen LogP contribution in [0.3, 0.4) is 0 Å². The van der Waals surface area contributed by atoms with Crippen LogP contribution in [0.25, 0.3) is 0 Å². The van der Waals surface area contributed by atoms with Crippen molar-refractivity contribution in [2.75, 3.05) is 0 Å². The van der Waals surface area contributed by atoms with Crippen LogP contribution in [0.2, 0.25) is 0 Å². The van der Waals surface area contributed by atoms with Crippen molar-refractivity contribution in [2.24, 2.45) is 0 Å². The Bertz CT molecular complexity index is 303. The van der Waals surface area contributed by atoms with E-state index in [1.165, 1.54) is 11.1 Å². The summed E-state index contributed by atoms with van der Waals surface area (Å²) in [6, 6.07) is 8.47. The molecule has 2 heteroatoms. The average Bonchev–Trinajstić information content (AvgIpc) is 2.28. The molecule has 2 N–H and O–H groups in total. The maximum Gasteiger partial charge on any atom is 0.0802 e. The van der Waals surface area contributed by atoms with Crippen LogP contribution < -0.4 is 0 Å². The third kappa shape index (κ3) is 3.62. The summed E-state index contributed by atoms with van der Waals surface area (Å²) in [4.78, 5) is 0. The van der Waals surface area contributed by atoms with Crippen LogP contribution in [-0.4, -0.2) is 22.4 Å². The molecule has 0 aliphatic carbocycles. The molecular formula is C14H22O2. The fourth-order valence-corrected chi connectivity index (χ4v) is 1.78. The van der Waals surface area contributed by atoms with Gasteiger partial charge in [-0.25, -0.2) is 0 Å². The molecule has 0 aromatic heterocycles. The minimum Gasteiger partial charge on any atom is -0.391 e. The normalized spacial score (nSPS) is 16.8. The first-order valence-corrected chi connectivity index (χ1v) is 5.99. The van der Waals surface area contributed by atoms with Gasteiger partial charge < -0.3 is 10.2 Å². The molecule has 1 aromatic rings. The highest BCUT2D eigenvalue weighted by Crippen LogP contribution is 2.22. The van der Waals surface area contributed by atoms with E-state index >= 15 is 0 Å². The van der Waals surface area contributed by atoms with Gasteiger partial charge >= 0.3 is 0 Å². The average molecular weight is 222 g/mol. The standard InChI is InChI=1S/C14H22O2/c1-4-12-5-7-13(8-6-12)10(2)9-14(16)11(3)15/h5-8,10-11,14-16H,4,9H2,1-3H3. The lowest BCUT2D eigenvalue weighted by atomic mass is 9.92. The molecule has 0 fully saturated rings. The van der Waals surface area contributed by atoms with Gasteiger partial charge in [-0.05, 0) is 36.8 Å². The van der Waals surface area contributed by atoms with Gasteiger partial charge in [-0.1, -0.05) is 38.1 Å². The molecule has 1 aromatic carbocycles. The van der Waals surface area contributed by atoms with Crippen molar-refractivity contribution in [1.29, 1.82) is 0 Å². The maximum atomic E-state index is 9.61. The van der Waals surface area contributed by atoms with Crippen LogP contribution in [0, 0.1) is 0 Å². The van der Waals surface area contributed by atoms with Crippen molar-refractivity contribution in [2.45, 2.75) is 51.7 Å². The maximum absolute atomic E-state index is 9.61. The lowest BCUT2D eigenvalue weighted by Gasteiger charge is -2.19. The Morgan fingerprint density at radius 1 is 1.06 bits per heavy atom. The molecule has 0 aliphatic rings. The van der Waals surface area contributed by atoms with Crippen molar-refractivity contribution >= 4 is 0 Å². The molecule has 0 bridgehead atoms. The van der Waals surface area contributed by atoms with Crippen molar-refractivity contribution in [3.05, 3.63) is 35.4 Å². The summed E-state index contributed by atoms with van der Waals surface area (Å²) in [5.41, 5.74) is 2.55. The third-order valence-electron chi connectivity index (χ3n) is 3.11. The SMILES string of the molecule is CCc1ccc(C(C)CC(O)C(C)O)cc1. The van der Waals surface area contributed by atoms with Crippen molar-refractivity contribution in [3.8, 4) is 0 Å². The second kappa shape index (κ2) is 6.02. The highest BCUT2D eigenvalue weighted by molar-refractivity contribution is 5.25. The van der Waals surface area contributed by atoms with Gasteiger partial charge in [0.25, 0.3) is 0 Å². The molecule has 0 aliphatic heterocycles. The number of aliphatic hydroxyl groups is 2. The summed E-state index contributed by atoms with van der Waals surface area (Å²) < 4.78 is 0. The highest BCUT2D eigenvalue weighted by Gasteiger charge is 2.16. The number of rotatable bonds is 5. The van der Waals surface area contributed by atoms with Crippen LogP contribution in [0.15, 0.2) is 24.3 Å². The van der Waals surface area contributed by atoms with E-state index < -0.39 is 12.2 Å². The fraction of sp³-hybridized carbons (Fsp3) is 0.571. The van der Waals surface area contributed by atoms with E-state index in [2.05, 4.69) is 38.1 Å². The van der Waals surface area contributed by atoms with Crippen LogP contribution >= 0.6 is 0 Å². The quantitative estimate of drug-likeness (QED) is 0.803. The van der Waals surface area contributed by atoms with Gasteiger partial charge in [-0.2, -0.15) is 0 Å². The van der Waals surface area contributed by atoms with E-state index in [0.717, 1.165) is 6.42 Å². The molecule has 0 saturated heterocycles. The summed E-state index contributed by atoms with van der Waals surface area (Å²) in [7, 11) is 0. The second-order valence-electron chi connectivity index (χ2n) is 4.54. The van der Waals surface area contributed by atoms with Crippen LogP contribution in [-0.2, 0) is 6.42 Å².